The minimum atomic E-state index is 0.117. The Morgan fingerprint density at radius 2 is 2.29 bits per heavy atom. The van der Waals surface area contributed by atoms with Gasteiger partial charge in [0, 0.05) is 18.0 Å². The summed E-state index contributed by atoms with van der Waals surface area (Å²) in [5.74, 6) is 1.24. The zero-order chi connectivity index (χ0) is 12.3. The second-order valence-electron chi connectivity index (χ2n) is 4.08. The Morgan fingerprint density at radius 1 is 1.47 bits per heavy atom. The van der Waals surface area contributed by atoms with Gasteiger partial charge in [-0.1, -0.05) is 17.3 Å². The molecular formula is C12H15N3O2. The average molecular weight is 233 g/mol. The fourth-order valence-corrected chi connectivity index (χ4v) is 1.47. The van der Waals surface area contributed by atoms with Crippen LogP contribution in [0.25, 0.3) is 11.4 Å². The van der Waals surface area contributed by atoms with Crippen LogP contribution < -0.4 is 5.73 Å². The summed E-state index contributed by atoms with van der Waals surface area (Å²) in [7, 11) is 0. The largest absolute Gasteiger partial charge is 0.508 e. The molecule has 0 spiro atoms. The fraction of sp³-hybridized carbons (Fsp3) is 0.333. The predicted molar refractivity (Wildman–Crippen MR) is 63.4 cm³/mol. The molecule has 0 amide bonds. The van der Waals surface area contributed by atoms with Crippen molar-refractivity contribution in [2.75, 3.05) is 0 Å². The van der Waals surface area contributed by atoms with E-state index >= 15 is 0 Å². The van der Waals surface area contributed by atoms with Crippen molar-refractivity contribution in [2.24, 2.45) is 5.73 Å². The molecule has 3 N–H and O–H groups in total. The lowest BCUT2D eigenvalue weighted by atomic mass is 10.2. The van der Waals surface area contributed by atoms with Crippen molar-refractivity contribution in [1.82, 2.24) is 10.1 Å². The van der Waals surface area contributed by atoms with Gasteiger partial charge in [0.05, 0.1) is 0 Å². The van der Waals surface area contributed by atoms with Crippen LogP contribution in [0.4, 0.5) is 0 Å². The summed E-state index contributed by atoms with van der Waals surface area (Å²) in [5.41, 5.74) is 6.39. The van der Waals surface area contributed by atoms with Gasteiger partial charge in [-0.25, -0.2) is 0 Å². The first kappa shape index (κ1) is 11.6. The van der Waals surface area contributed by atoms with Crippen LogP contribution in [0, 0.1) is 0 Å². The van der Waals surface area contributed by atoms with E-state index in [0.29, 0.717) is 18.1 Å². The van der Waals surface area contributed by atoms with Crippen molar-refractivity contribution in [3.63, 3.8) is 0 Å². The zero-order valence-electron chi connectivity index (χ0n) is 9.63. The Balaban J connectivity index is 2.12. The average Bonchev–Trinajstić information content (AvgIpc) is 2.75. The maximum atomic E-state index is 9.35. The number of aryl methyl sites for hydroxylation is 1. The third kappa shape index (κ3) is 3.04. The maximum absolute atomic E-state index is 9.35. The van der Waals surface area contributed by atoms with Crippen molar-refractivity contribution >= 4 is 0 Å². The standard InChI is InChI=1S/C12H15N3O2/c1-8(13)5-6-11-14-12(15-17-11)9-3-2-4-10(16)7-9/h2-4,7-8,16H,5-6,13H2,1H3. The SMILES string of the molecule is CC(N)CCc1nc(-c2cccc(O)c2)no1. The Bertz CT molecular complexity index is 494. The monoisotopic (exact) mass is 233 g/mol. The molecular weight excluding hydrogens is 218 g/mol. The van der Waals surface area contributed by atoms with Gasteiger partial charge in [-0.3, -0.25) is 0 Å². The predicted octanol–water partition coefficient (Wildman–Crippen LogP) is 1.72. The normalized spacial score (nSPS) is 12.6. The second kappa shape index (κ2) is 4.97. The number of rotatable bonds is 4. The summed E-state index contributed by atoms with van der Waals surface area (Å²) in [4.78, 5) is 4.25. The molecule has 0 aliphatic heterocycles. The molecule has 0 bridgehead atoms. The lowest BCUT2D eigenvalue weighted by Crippen LogP contribution is -2.15. The number of hydrogen-bond acceptors (Lipinski definition) is 5. The van der Waals surface area contributed by atoms with Crippen molar-refractivity contribution in [1.29, 1.82) is 0 Å². The van der Waals surface area contributed by atoms with Crippen LogP contribution in [0.2, 0.25) is 0 Å². The van der Waals surface area contributed by atoms with E-state index in [4.69, 9.17) is 10.3 Å². The number of phenolic OH excluding ortho intramolecular Hbond substituents is 1. The summed E-state index contributed by atoms with van der Waals surface area (Å²) < 4.78 is 5.11. The quantitative estimate of drug-likeness (QED) is 0.839. The first-order valence-corrected chi connectivity index (χ1v) is 5.52. The molecule has 0 fully saturated rings. The van der Waals surface area contributed by atoms with Crippen LogP contribution in [0.1, 0.15) is 19.2 Å². The van der Waals surface area contributed by atoms with Gasteiger partial charge in [0.2, 0.25) is 11.7 Å². The topological polar surface area (TPSA) is 85.2 Å². The van der Waals surface area contributed by atoms with Gasteiger partial charge in [0.25, 0.3) is 0 Å². The van der Waals surface area contributed by atoms with Crippen LogP contribution in [0.5, 0.6) is 5.75 Å². The fourth-order valence-electron chi connectivity index (χ4n) is 1.47. The highest BCUT2D eigenvalue weighted by Crippen LogP contribution is 2.20. The Hall–Kier alpha value is -1.88. The highest BCUT2D eigenvalue weighted by Gasteiger charge is 2.09. The second-order valence-corrected chi connectivity index (χ2v) is 4.08. The van der Waals surface area contributed by atoms with E-state index in [1.165, 1.54) is 0 Å². The molecule has 0 saturated carbocycles. The molecule has 5 heteroatoms. The number of aromatic hydroxyl groups is 1. The van der Waals surface area contributed by atoms with E-state index in [9.17, 15) is 5.11 Å². The minimum Gasteiger partial charge on any atom is -0.508 e. The van der Waals surface area contributed by atoms with Crippen molar-refractivity contribution in [2.45, 2.75) is 25.8 Å². The first-order chi connectivity index (χ1) is 8.15. The van der Waals surface area contributed by atoms with Crippen molar-refractivity contribution < 1.29 is 9.63 Å². The first-order valence-electron chi connectivity index (χ1n) is 5.52. The zero-order valence-corrected chi connectivity index (χ0v) is 9.63. The van der Waals surface area contributed by atoms with E-state index in [1.54, 1.807) is 18.2 Å². The molecule has 1 atom stereocenters. The Morgan fingerprint density at radius 3 is 3.00 bits per heavy atom. The highest BCUT2D eigenvalue weighted by molar-refractivity contribution is 5.56. The molecule has 1 aromatic heterocycles. The van der Waals surface area contributed by atoms with E-state index in [1.807, 2.05) is 13.0 Å². The minimum absolute atomic E-state index is 0.117. The van der Waals surface area contributed by atoms with Crippen LogP contribution in [-0.2, 0) is 6.42 Å². The molecule has 0 aliphatic carbocycles. The number of benzene rings is 1. The molecule has 90 valence electrons. The van der Waals surface area contributed by atoms with Gasteiger partial charge in [-0.2, -0.15) is 4.98 Å². The van der Waals surface area contributed by atoms with Crippen LogP contribution in [-0.4, -0.2) is 21.3 Å². The summed E-state index contributed by atoms with van der Waals surface area (Å²) in [5, 5.41) is 13.2. The van der Waals surface area contributed by atoms with Crippen LogP contribution in [0.15, 0.2) is 28.8 Å². The van der Waals surface area contributed by atoms with Crippen molar-refractivity contribution in [3.05, 3.63) is 30.2 Å². The van der Waals surface area contributed by atoms with Gasteiger partial charge >= 0.3 is 0 Å². The summed E-state index contributed by atoms with van der Waals surface area (Å²) in [6.07, 6.45) is 1.48. The highest BCUT2D eigenvalue weighted by atomic mass is 16.5. The van der Waals surface area contributed by atoms with E-state index in [2.05, 4.69) is 10.1 Å². The molecule has 1 aromatic carbocycles. The van der Waals surface area contributed by atoms with Gasteiger partial charge in [-0.15, -0.1) is 0 Å². The van der Waals surface area contributed by atoms with Gasteiger partial charge in [-0.05, 0) is 25.5 Å². The van der Waals surface area contributed by atoms with Gasteiger partial charge in [0.1, 0.15) is 5.75 Å². The summed E-state index contributed by atoms with van der Waals surface area (Å²) >= 11 is 0. The lowest BCUT2D eigenvalue weighted by molar-refractivity contribution is 0.372. The molecule has 5 nitrogen and oxygen atoms in total. The molecule has 1 heterocycles. The Labute approximate surface area is 99.3 Å². The summed E-state index contributed by atoms with van der Waals surface area (Å²) in [6.45, 7) is 1.94. The molecule has 0 aliphatic rings. The molecule has 2 rings (SSSR count). The molecule has 17 heavy (non-hydrogen) atoms. The number of aromatic nitrogens is 2. The lowest BCUT2D eigenvalue weighted by Gasteiger charge is -1.99. The van der Waals surface area contributed by atoms with E-state index in [0.717, 1.165) is 12.0 Å². The number of hydrogen-bond donors (Lipinski definition) is 2. The summed E-state index contributed by atoms with van der Waals surface area (Å²) in [6, 6.07) is 6.87. The van der Waals surface area contributed by atoms with Crippen LogP contribution in [0.3, 0.4) is 0 Å². The van der Waals surface area contributed by atoms with E-state index < -0.39 is 0 Å². The van der Waals surface area contributed by atoms with Gasteiger partial charge < -0.3 is 15.4 Å². The maximum Gasteiger partial charge on any atom is 0.227 e. The molecule has 2 aromatic rings. The smallest absolute Gasteiger partial charge is 0.227 e. The van der Waals surface area contributed by atoms with Crippen molar-refractivity contribution in [3.8, 4) is 17.1 Å². The Kier molecular flexibility index (Phi) is 3.39. The van der Waals surface area contributed by atoms with Crippen LogP contribution >= 0.6 is 0 Å². The number of phenols is 1. The third-order valence-electron chi connectivity index (χ3n) is 2.39. The number of nitrogens with two attached hydrogens (primary N) is 1. The molecule has 1 unspecified atom stereocenters. The molecule has 0 saturated heterocycles. The van der Waals surface area contributed by atoms with E-state index in [-0.39, 0.29) is 11.8 Å². The third-order valence-corrected chi connectivity index (χ3v) is 2.39. The van der Waals surface area contributed by atoms with Gasteiger partial charge in [0.15, 0.2) is 0 Å². The molecule has 0 radical (unpaired) electrons. The number of nitrogens with zero attached hydrogens (tertiary/aromatic N) is 2.